The van der Waals surface area contributed by atoms with Crippen molar-refractivity contribution in [3.63, 3.8) is 0 Å². The molecule has 2 saturated heterocycles. The van der Waals surface area contributed by atoms with Crippen molar-refractivity contribution in [3.05, 3.63) is 0 Å². The van der Waals surface area contributed by atoms with Crippen molar-refractivity contribution in [2.45, 2.75) is 44.7 Å². The van der Waals surface area contributed by atoms with Crippen molar-refractivity contribution < 1.29 is 9.59 Å². The molecule has 3 fully saturated rings. The molecule has 6 nitrogen and oxygen atoms in total. The fraction of sp³-hybridized carbons (Fsp3) is 0.812. The van der Waals surface area contributed by atoms with Crippen LogP contribution >= 0.6 is 0 Å². The quantitative estimate of drug-likeness (QED) is 0.816. The van der Waals surface area contributed by atoms with E-state index in [1.54, 1.807) is 11.8 Å². The zero-order valence-electron chi connectivity index (χ0n) is 13.1. The summed E-state index contributed by atoms with van der Waals surface area (Å²) in [5.74, 6) is 1.38. The number of nitrogens with zero attached hydrogens (tertiary/aromatic N) is 3. The first kappa shape index (κ1) is 15.3. The topological polar surface area (TPSA) is 76.4 Å². The lowest BCUT2D eigenvalue weighted by molar-refractivity contribution is -0.130. The van der Waals surface area contributed by atoms with Gasteiger partial charge in [0.2, 0.25) is 11.8 Å². The minimum absolute atomic E-state index is 0.0477. The summed E-state index contributed by atoms with van der Waals surface area (Å²) in [5.41, 5.74) is 0. The summed E-state index contributed by atoms with van der Waals surface area (Å²) in [4.78, 5) is 27.3. The minimum Gasteiger partial charge on any atom is -0.342 e. The molecular weight excluding hydrogens is 280 g/mol. The third-order valence-corrected chi connectivity index (χ3v) is 5.46. The standard InChI is InChI=1S/C16H24N4O2/c1-11(21)19-9-12-5-14(6-13(12)10-19)18-8-16(22)20-4-2-3-15(20)7-17/h12-15,18H,2-6,8-10H2,1H3/t12-,13+,14?,15-/m0/s1. The Kier molecular flexibility index (Phi) is 4.34. The van der Waals surface area contributed by atoms with Crippen molar-refractivity contribution >= 4 is 11.8 Å². The second-order valence-electron chi connectivity index (χ2n) is 6.87. The van der Waals surface area contributed by atoms with Gasteiger partial charge in [0.05, 0.1) is 12.6 Å². The van der Waals surface area contributed by atoms with Crippen LogP contribution in [-0.4, -0.2) is 59.9 Å². The highest BCUT2D eigenvalue weighted by molar-refractivity contribution is 5.79. The predicted molar refractivity (Wildman–Crippen MR) is 80.6 cm³/mol. The van der Waals surface area contributed by atoms with Crippen molar-refractivity contribution in [2.75, 3.05) is 26.2 Å². The average Bonchev–Trinajstić information content (AvgIpc) is 3.17. The molecule has 0 bridgehead atoms. The van der Waals surface area contributed by atoms with Crippen LogP contribution in [0.15, 0.2) is 0 Å². The van der Waals surface area contributed by atoms with Crippen LogP contribution in [0.5, 0.6) is 0 Å². The molecule has 1 unspecified atom stereocenters. The Balaban J connectivity index is 1.44. The minimum atomic E-state index is -0.235. The Morgan fingerprint density at radius 1 is 1.27 bits per heavy atom. The third kappa shape index (κ3) is 2.95. The smallest absolute Gasteiger partial charge is 0.237 e. The van der Waals surface area contributed by atoms with E-state index in [9.17, 15) is 9.59 Å². The van der Waals surface area contributed by atoms with E-state index in [1.807, 2.05) is 4.90 Å². The van der Waals surface area contributed by atoms with Crippen LogP contribution in [0.4, 0.5) is 0 Å². The summed E-state index contributed by atoms with van der Waals surface area (Å²) in [7, 11) is 0. The number of likely N-dealkylation sites (tertiary alicyclic amines) is 2. The van der Waals surface area contributed by atoms with Gasteiger partial charge in [0, 0.05) is 32.6 Å². The molecule has 120 valence electrons. The number of fused-ring (bicyclic) bond motifs is 1. The first-order valence-corrected chi connectivity index (χ1v) is 8.26. The predicted octanol–water partition coefficient (Wildman–Crippen LogP) is 0.347. The van der Waals surface area contributed by atoms with Crippen molar-refractivity contribution in [1.82, 2.24) is 15.1 Å². The zero-order valence-corrected chi connectivity index (χ0v) is 13.1. The van der Waals surface area contributed by atoms with Gasteiger partial charge in [-0.25, -0.2) is 0 Å². The summed E-state index contributed by atoms with van der Waals surface area (Å²) in [6.07, 6.45) is 3.82. The van der Waals surface area contributed by atoms with E-state index in [0.717, 1.165) is 38.8 Å². The normalized spacial score (nSPS) is 33.8. The van der Waals surface area contributed by atoms with E-state index in [2.05, 4.69) is 11.4 Å². The van der Waals surface area contributed by atoms with E-state index >= 15 is 0 Å². The fourth-order valence-corrected chi connectivity index (χ4v) is 4.26. The molecule has 3 rings (SSSR count). The number of rotatable bonds is 3. The van der Waals surface area contributed by atoms with Gasteiger partial charge in [0.15, 0.2) is 0 Å². The van der Waals surface area contributed by atoms with Crippen molar-refractivity contribution in [3.8, 4) is 6.07 Å². The summed E-state index contributed by atoms with van der Waals surface area (Å²) in [6, 6.07) is 2.35. The third-order valence-electron chi connectivity index (χ3n) is 5.46. The molecule has 3 aliphatic rings. The maximum Gasteiger partial charge on any atom is 0.237 e. The van der Waals surface area contributed by atoms with Gasteiger partial charge in [-0.2, -0.15) is 5.26 Å². The van der Waals surface area contributed by atoms with E-state index in [4.69, 9.17) is 5.26 Å². The molecular formula is C16H24N4O2. The van der Waals surface area contributed by atoms with E-state index in [0.29, 0.717) is 31.0 Å². The first-order valence-electron chi connectivity index (χ1n) is 8.26. The largest absolute Gasteiger partial charge is 0.342 e. The molecule has 4 atom stereocenters. The SMILES string of the molecule is CC(=O)N1C[C@H]2CC(NCC(=O)N3CCC[C@H]3C#N)C[C@H]2C1. The molecule has 0 aromatic rings. The molecule has 22 heavy (non-hydrogen) atoms. The molecule has 0 spiro atoms. The van der Waals surface area contributed by atoms with Gasteiger partial charge in [0.1, 0.15) is 6.04 Å². The fourth-order valence-electron chi connectivity index (χ4n) is 4.26. The Hall–Kier alpha value is -1.61. The van der Waals surface area contributed by atoms with Crippen LogP contribution in [0.1, 0.15) is 32.6 Å². The van der Waals surface area contributed by atoms with E-state index in [1.165, 1.54) is 0 Å². The molecule has 6 heteroatoms. The second-order valence-corrected chi connectivity index (χ2v) is 6.87. The molecule has 2 aliphatic heterocycles. The molecule has 1 N–H and O–H groups in total. The van der Waals surface area contributed by atoms with Crippen LogP contribution in [0.2, 0.25) is 0 Å². The summed E-state index contributed by atoms with van der Waals surface area (Å²) < 4.78 is 0. The van der Waals surface area contributed by atoms with Crippen LogP contribution in [0, 0.1) is 23.2 Å². The Bertz CT molecular complexity index is 487. The molecule has 2 heterocycles. The van der Waals surface area contributed by atoms with Gasteiger partial charge in [0.25, 0.3) is 0 Å². The van der Waals surface area contributed by atoms with Gasteiger partial charge in [-0.15, -0.1) is 0 Å². The molecule has 2 amide bonds. The van der Waals surface area contributed by atoms with Gasteiger partial charge >= 0.3 is 0 Å². The molecule has 0 radical (unpaired) electrons. The maximum atomic E-state index is 12.2. The Morgan fingerprint density at radius 3 is 2.55 bits per heavy atom. The highest BCUT2D eigenvalue weighted by Crippen LogP contribution is 2.38. The zero-order chi connectivity index (χ0) is 15.7. The number of amides is 2. The van der Waals surface area contributed by atoms with E-state index in [-0.39, 0.29) is 17.9 Å². The first-order chi connectivity index (χ1) is 10.6. The number of nitriles is 1. The number of carbonyl (C=O) groups excluding carboxylic acids is 2. The number of hydrogen-bond acceptors (Lipinski definition) is 4. The lowest BCUT2D eigenvalue weighted by Gasteiger charge is -2.22. The Labute approximate surface area is 131 Å². The lowest BCUT2D eigenvalue weighted by atomic mass is 10.0. The number of nitrogens with one attached hydrogen (secondary N) is 1. The van der Waals surface area contributed by atoms with Crippen LogP contribution in [0.25, 0.3) is 0 Å². The van der Waals surface area contributed by atoms with Crippen molar-refractivity contribution in [1.29, 1.82) is 5.26 Å². The Morgan fingerprint density at radius 2 is 1.95 bits per heavy atom. The molecule has 1 aliphatic carbocycles. The highest BCUT2D eigenvalue weighted by atomic mass is 16.2. The summed E-state index contributed by atoms with van der Waals surface area (Å²) >= 11 is 0. The second kappa shape index (κ2) is 6.25. The highest BCUT2D eigenvalue weighted by Gasteiger charge is 2.41. The maximum absolute atomic E-state index is 12.2. The van der Waals surface area contributed by atoms with Crippen LogP contribution < -0.4 is 5.32 Å². The molecule has 1 saturated carbocycles. The monoisotopic (exact) mass is 304 g/mol. The van der Waals surface area contributed by atoms with Crippen LogP contribution in [0.3, 0.4) is 0 Å². The number of carbonyl (C=O) groups is 2. The summed E-state index contributed by atoms with van der Waals surface area (Å²) in [5, 5.41) is 12.4. The van der Waals surface area contributed by atoms with Gasteiger partial charge in [-0.05, 0) is 37.5 Å². The van der Waals surface area contributed by atoms with Gasteiger partial charge in [-0.3, -0.25) is 9.59 Å². The summed E-state index contributed by atoms with van der Waals surface area (Å²) in [6.45, 7) is 4.42. The van der Waals surface area contributed by atoms with Gasteiger partial charge < -0.3 is 15.1 Å². The van der Waals surface area contributed by atoms with E-state index < -0.39 is 0 Å². The van der Waals surface area contributed by atoms with Crippen LogP contribution in [-0.2, 0) is 9.59 Å². The molecule has 0 aromatic carbocycles. The number of hydrogen-bond donors (Lipinski definition) is 1. The van der Waals surface area contributed by atoms with Gasteiger partial charge in [-0.1, -0.05) is 0 Å². The van der Waals surface area contributed by atoms with Crippen molar-refractivity contribution in [2.24, 2.45) is 11.8 Å². The molecule has 0 aromatic heterocycles. The average molecular weight is 304 g/mol. The lowest BCUT2D eigenvalue weighted by Crippen LogP contribution is -2.43.